The molecular formula is C11H18ClN3O2. The van der Waals surface area contributed by atoms with E-state index in [9.17, 15) is 4.79 Å². The van der Waals surface area contributed by atoms with Gasteiger partial charge in [0.05, 0.1) is 5.69 Å². The molecule has 0 bridgehead atoms. The van der Waals surface area contributed by atoms with E-state index in [1.54, 1.807) is 6.92 Å². The maximum Gasteiger partial charge on any atom is 0.256 e. The van der Waals surface area contributed by atoms with Gasteiger partial charge in [0.15, 0.2) is 0 Å². The molecule has 0 radical (unpaired) electrons. The summed E-state index contributed by atoms with van der Waals surface area (Å²) in [5.41, 5.74) is 1.34. The highest BCUT2D eigenvalue weighted by molar-refractivity contribution is 5.96. The van der Waals surface area contributed by atoms with Crippen molar-refractivity contribution in [3.8, 4) is 0 Å². The molecule has 0 aromatic carbocycles. The van der Waals surface area contributed by atoms with Crippen molar-refractivity contribution in [2.24, 2.45) is 5.92 Å². The Kier molecular flexibility index (Phi) is 4.96. The summed E-state index contributed by atoms with van der Waals surface area (Å²) in [4.78, 5) is 11.9. The van der Waals surface area contributed by atoms with Crippen LogP contribution in [-0.2, 0) is 6.42 Å². The number of nitrogens with one attached hydrogen (secondary N) is 2. The molecule has 0 unspecified atom stereocenters. The van der Waals surface area contributed by atoms with Gasteiger partial charge >= 0.3 is 0 Å². The minimum atomic E-state index is -0.0671. The number of halogens is 1. The van der Waals surface area contributed by atoms with Crippen LogP contribution in [0.1, 0.15) is 28.7 Å². The standard InChI is InChI=1S/C11H17N3O2.ClH/c1-3-9-10(7(2)16-14-9)11(15)13-6-8-4-12-5-8;/h8,12H,3-6H2,1-2H3,(H,13,15);1H. The van der Waals surface area contributed by atoms with Crippen LogP contribution in [0.5, 0.6) is 0 Å². The molecular weight excluding hydrogens is 242 g/mol. The Balaban J connectivity index is 0.00000144. The fourth-order valence-corrected chi connectivity index (χ4v) is 1.77. The van der Waals surface area contributed by atoms with Crippen LogP contribution >= 0.6 is 12.4 Å². The third-order valence-corrected chi connectivity index (χ3v) is 2.91. The molecule has 1 aliphatic rings. The van der Waals surface area contributed by atoms with Gasteiger partial charge in [-0.05, 0) is 13.3 Å². The smallest absolute Gasteiger partial charge is 0.256 e. The van der Waals surface area contributed by atoms with Crippen LogP contribution in [-0.4, -0.2) is 30.7 Å². The van der Waals surface area contributed by atoms with Crippen molar-refractivity contribution in [2.45, 2.75) is 20.3 Å². The van der Waals surface area contributed by atoms with Crippen molar-refractivity contribution in [3.05, 3.63) is 17.0 Å². The molecule has 6 heteroatoms. The van der Waals surface area contributed by atoms with Crippen molar-refractivity contribution in [1.82, 2.24) is 15.8 Å². The molecule has 1 amide bonds. The number of hydrogen-bond donors (Lipinski definition) is 2. The number of rotatable bonds is 4. The van der Waals surface area contributed by atoms with Gasteiger partial charge in [0.2, 0.25) is 0 Å². The normalized spacial score (nSPS) is 14.9. The summed E-state index contributed by atoms with van der Waals surface area (Å²) in [6.45, 7) is 6.43. The second-order valence-corrected chi connectivity index (χ2v) is 4.15. The second-order valence-electron chi connectivity index (χ2n) is 4.15. The molecule has 0 spiro atoms. The van der Waals surface area contributed by atoms with Gasteiger partial charge in [0, 0.05) is 25.6 Å². The lowest BCUT2D eigenvalue weighted by atomic mass is 10.0. The van der Waals surface area contributed by atoms with Crippen LogP contribution in [0.25, 0.3) is 0 Å². The topological polar surface area (TPSA) is 67.2 Å². The summed E-state index contributed by atoms with van der Waals surface area (Å²) < 4.78 is 5.03. The fraction of sp³-hybridized carbons (Fsp3) is 0.636. The second kappa shape index (κ2) is 6.02. The van der Waals surface area contributed by atoms with Crippen molar-refractivity contribution < 1.29 is 9.32 Å². The molecule has 1 aromatic rings. The predicted molar refractivity (Wildman–Crippen MR) is 66.6 cm³/mol. The quantitative estimate of drug-likeness (QED) is 0.844. The lowest BCUT2D eigenvalue weighted by molar-refractivity contribution is 0.0940. The van der Waals surface area contributed by atoms with E-state index in [2.05, 4.69) is 15.8 Å². The van der Waals surface area contributed by atoms with Crippen molar-refractivity contribution in [3.63, 3.8) is 0 Å². The molecule has 2 rings (SSSR count). The van der Waals surface area contributed by atoms with Crippen LogP contribution < -0.4 is 10.6 Å². The molecule has 1 fully saturated rings. The van der Waals surface area contributed by atoms with Crippen LogP contribution in [0.3, 0.4) is 0 Å². The Morgan fingerprint density at radius 1 is 1.59 bits per heavy atom. The number of aryl methyl sites for hydroxylation is 2. The maximum absolute atomic E-state index is 11.9. The lowest BCUT2D eigenvalue weighted by Gasteiger charge is -2.27. The first-order valence-electron chi connectivity index (χ1n) is 5.66. The monoisotopic (exact) mass is 259 g/mol. The van der Waals surface area contributed by atoms with Gasteiger partial charge in [-0.25, -0.2) is 0 Å². The van der Waals surface area contributed by atoms with Crippen LogP contribution in [0.4, 0.5) is 0 Å². The Bertz CT molecular complexity index is 388. The summed E-state index contributed by atoms with van der Waals surface area (Å²) in [6.07, 6.45) is 0.713. The van der Waals surface area contributed by atoms with E-state index in [1.165, 1.54) is 0 Å². The van der Waals surface area contributed by atoms with E-state index in [0.717, 1.165) is 25.3 Å². The summed E-state index contributed by atoms with van der Waals surface area (Å²) in [7, 11) is 0. The van der Waals surface area contributed by atoms with Crippen molar-refractivity contribution in [2.75, 3.05) is 19.6 Å². The minimum Gasteiger partial charge on any atom is -0.361 e. The number of nitrogens with zero attached hydrogens (tertiary/aromatic N) is 1. The van der Waals surface area contributed by atoms with E-state index in [4.69, 9.17) is 4.52 Å². The molecule has 1 saturated heterocycles. The van der Waals surface area contributed by atoms with E-state index < -0.39 is 0 Å². The summed E-state index contributed by atoms with van der Waals surface area (Å²) >= 11 is 0. The van der Waals surface area contributed by atoms with Gasteiger partial charge in [0.25, 0.3) is 5.91 Å². The maximum atomic E-state index is 11.9. The molecule has 5 nitrogen and oxygen atoms in total. The average Bonchev–Trinajstić information content (AvgIpc) is 2.57. The van der Waals surface area contributed by atoms with Crippen LogP contribution in [0.15, 0.2) is 4.52 Å². The van der Waals surface area contributed by atoms with Gasteiger partial charge in [-0.2, -0.15) is 0 Å². The van der Waals surface area contributed by atoms with Gasteiger partial charge in [0.1, 0.15) is 11.3 Å². The first kappa shape index (κ1) is 14.0. The Labute approximate surface area is 107 Å². The number of amides is 1. The molecule has 0 saturated carbocycles. The average molecular weight is 260 g/mol. The van der Waals surface area contributed by atoms with E-state index in [-0.39, 0.29) is 18.3 Å². The Morgan fingerprint density at radius 2 is 2.29 bits per heavy atom. The van der Waals surface area contributed by atoms with Gasteiger partial charge in [-0.3, -0.25) is 4.79 Å². The molecule has 2 N–H and O–H groups in total. The zero-order chi connectivity index (χ0) is 11.5. The van der Waals surface area contributed by atoms with E-state index in [1.807, 2.05) is 6.92 Å². The van der Waals surface area contributed by atoms with Gasteiger partial charge in [-0.1, -0.05) is 12.1 Å². The zero-order valence-corrected chi connectivity index (χ0v) is 10.9. The van der Waals surface area contributed by atoms with Gasteiger partial charge in [-0.15, -0.1) is 12.4 Å². The molecule has 0 aliphatic carbocycles. The molecule has 1 aromatic heterocycles. The molecule has 17 heavy (non-hydrogen) atoms. The Morgan fingerprint density at radius 3 is 2.82 bits per heavy atom. The van der Waals surface area contributed by atoms with E-state index in [0.29, 0.717) is 23.7 Å². The first-order chi connectivity index (χ1) is 7.72. The lowest BCUT2D eigenvalue weighted by Crippen LogP contribution is -2.48. The molecule has 96 valence electrons. The number of carbonyl (C=O) groups is 1. The molecule has 2 heterocycles. The SMILES string of the molecule is CCc1noc(C)c1C(=O)NCC1CNC1.Cl. The fourth-order valence-electron chi connectivity index (χ4n) is 1.77. The highest BCUT2D eigenvalue weighted by atomic mass is 35.5. The van der Waals surface area contributed by atoms with Gasteiger partial charge < -0.3 is 15.2 Å². The summed E-state index contributed by atoms with van der Waals surface area (Å²) in [5, 5.41) is 9.96. The Hall–Kier alpha value is -1.07. The highest BCUT2D eigenvalue weighted by Crippen LogP contribution is 2.13. The third kappa shape index (κ3) is 2.98. The molecule has 0 atom stereocenters. The largest absolute Gasteiger partial charge is 0.361 e. The van der Waals surface area contributed by atoms with Crippen molar-refractivity contribution >= 4 is 18.3 Å². The number of hydrogen-bond acceptors (Lipinski definition) is 4. The molecule has 1 aliphatic heterocycles. The predicted octanol–water partition coefficient (Wildman–Crippen LogP) is 0.916. The first-order valence-corrected chi connectivity index (χ1v) is 5.66. The zero-order valence-electron chi connectivity index (χ0n) is 10.1. The summed E-state index contributed by atoms with van der Waals surface area (Å²) in [5.74, 6) is 1.10. The van der Waals surface area contributed by atoms with Crippen LogP contribution in [0, 0.1) is 12.8 Å². The minimum absolute atomic E-state index is 0. The number of carbonyl (C=O) groups excluding carboxylic acids is 1. The van der Waals surface area contributed by atoms with Crippen LogP contribution in [0.2, 0.25) is 0 Å². The number of aromatic nitrogens is 1. The summed E-state index contributed by atoms with van der Waals surface area (Å²) in [6, 6.07) is 0. The van der Waals surface area contributed by atoms with Crippen molar-refractivity contribution in [1.29, 1.82) is 0 Å². The third-order valence-electron chi connectivity index (χ3n) is 2.91. The highest BCUT2D eigenvalue weighted by Gasteiger charge is 2.21. The van der Waals surface area contributed by atoms with E-state index >= 15 is 0 Å².